The molecule has 1 N–H and O–H groups in total. The van der Waals surface area contributed by atoms with Crippen molar-refractivity contribution in [1.29, 1.82) is 0 Å². The Bertz CT molecular complexity index is 1170. The summed E-state index contributed by atoms with van der Waals surface area (Å²) in [5, 5.41) is 9.27. The third kappa shape index (κ3) is 5.15. The Balaban J connectivity index is 1.30. The number of rotatable bonds is 6. The predicted octanol–water partition coefficient (Wildman–Crippen LogP) is 4.12. The molecule has 1 atom stereocenters. The van der Waals surface area contributed by atoms with Crippen molar-refractivity contribution >= 4 is 11.9 Å². The Labute approximate surface area is 206 Å². The lowest BCUT2D eigenvalue weighted by Gasteiger charge is -2.40. The lowest BCUT2D eigenvalue weighted by molar-refractivity contribution is 0.0572. The minimum absolute atomic E-state index is 0.0881. The fraction of sp³-hybridized carbons (Fsp3) is 0.393. The molecular formula is C28H32N4O3. The third-order valence-electron chi connectivity index (χ3n) is 7.41. The van der Waals surface area contributed by atoms with E-state index in [0.29, 0.717) is 24.6 Å². The number of piperidine rings is 1. The van der Waals surface area contributed by atoms with Crippen LogP contribution in [0.5, 0.6) is 0 Å². The van der Waals surface area contributed by atoms with Crippen molar-refractivity contribution in [3.05, 3.63) is 89.5 Å². The van der Waals surface area contributed by atoms with Crippen molar-refractivity contribution in [2.45, 2.75) is 38.3 Å². The topological polar surface area (TPSA) is 78.7 Å². The fourth-order valence-electron chi connectivity index (χ4n) is 5.59. The van der Waals surface area contributed by atoms with Crippen molar-refractivity contribution in [2.24, 2.45) is 5.92 Å². The van der Waals surface area contributed by atoms with Crippen LogP contribution >= 0.6 is 0 Å². The van der Waals surface area contributed by atoms with Gasteiger partial charge in [-0.1, -0.05) is 36.4 Å². The molecule has 1 amide bonds. The van der Waals surface area contributed by atoms with Crippen LogP contribution in [-0.4, -0.2) is 62.5 Å². The smallest absolute Gasteiger partial charge is 0.335 e. The van der Waals surface area contributed by atoms with E-state index in [-0.39, 0.29) is 17.5 Å². The number of aromatic nitrogens is 2. The van der Waals surface area contributed by atoms with Crippen molar-refractivity contribution < 1.29 is 14.7 Å². The van der Waals surface area contributed by atoms with Crippen molar-refractivity contribution in [3.63, 3.8) is 0 Å². The summed E-state index contributed by atoms with van der Waals surface area (Å²) in [7, 11) is 0. The molecule has 35 heavy (non-hydrogen) atoms. The molecule has 1 fully saturated rings. The first-order valence-corrected chi connectivity index (χ1v) is 12.5. The van der Waals surface area contributed by atoms with Crippen LogP contribution in [0.1, 0.15) is 57.4 Å². The summed E-state index contributed by atoms with van der Waals surface area (Å²) in [6, 6.07) is 17.2. The number of nitrogens with zero attached hydrogens (tertiary/aromatic N) is 4. The van der Waals surface area contributed by atoms with Crippen molar-refractivity contribution in [3.8, 4) is 0 Å². The molecule has 1 unspecified atom stereocenters. The third-order valence-corrected chi connectivity index (χ3v) is 7.41. The molecule has 1 saturated heterocycles. The van der Waals surface area contributed by atoms with Crippen LogP contribution in [-0.2, 0) is 13.0 Å². The zero-order valence-corrected chi connectivity index (χ0v) is 19.9. The first-order chi connectivity index (χ1) is 17.1. The summed E-state index contributed by atoms with van der Waals surface area (Å²) >= 11 is 0. The van der Waals surface area contributed by atoms with E-state index in [4.69, 9.17) is 4.98 Å². The van der Waals surface area contributed by atoms with Crippen LogP contribution in [0, 0.1) is 5.92 Å². The molecular weight excluding hydrogens is 440 g/mol. The molecule has 0 saturated carbocycles. The van der Waals surface area contributed by atoms with E-state index in [0.717, 1.165) is 51.1 Å². The number of likely N-dealkylation sites (tertiary alicyclic amines) is 1. The quantitative estimate of drug-likeness (QED) is 0.584. The number of aryl methyl sites for hydroxylation is 1. The van der Waals surface area contributed by atoms with Gasteiger partial charge in [0.2, 0.25) is 0 Å². The summed E-state index contributed by atoms with van der Waals surface area (Å²) < 4.78 is 2.31. The number of carboxylic acid groups (broad SMARTS) is 1. The second-order valence-electron chi connectivity index (χ2n) is 9.56. The van der Waals surface area contributed by atoms with Crippen LogP contribution in [0.2, 0.25) is 0 Å². The Morgan fingerprint density at radius 1 is 0.943 bits per heavy atom. The highest BCUT2D eigenvalue weighted by Gasteiger charge is 2.36. The number of benzene rings is 2. The second kappa shape index (κ2) is 10.4. The Morgan fingerprint density at radius 3 is 2.49 bits per heavy atom. The van der Waals surface area contributed by atoms with Gasteiger partial charge in [-0.25, -0.2) is 9.78 Å². The summed E-state index contributed by atoms with van der Waals surface area (Å²) in [6.07, 6.45) is 7.93. The average molecular weight is 473 g/mol. The summed E-state index contributed by atoms with van der Waals surface area (Å²) in [6.45, 7) is 4.37. The molecule has 0 bridgehead atoms. The lowest BCUT2D eigenvalue weighted by Crippen LogP contribution is -2.44. The Hall–Kier alpha value is -3.45. The van der Waals surface area contributed by atoms with Crippen molar-refractivity contribution in [2.75, 3.05) is 26.2 Å². The molecule has 2 aromatic carbocycles. The number of imidazole rings is 1. The van der Waals surface area contributed by atoms with Crippen LogP contribution < -0.4 is 0 Å². The molecule has 7 nitrogen and oxygen atoms in total. The number of amides is 1. The van der Waals surface area contributed by atoms with Crippen LogP contribution in [0.4, 0.5) is 0 Å². The molecule has 0 spiro atoms. The molecule has 0 radical (unpaired) electrons. The van der Waals surface area contributed by atoms with Crippen LogP contribution in [0.15, 0.2) is 67.0 Å². The molecule has 3 aromatic rings. The number of carbonyl (C=O) groups is 2. The molecule has 3 heterocycles. The van der Waals surface area contributed by atoms with Crippen molar-refractivity contribution in [1.82, 2.24) is 19.4 Å². The first kappa shape index (κ1) is 23.3. The number of hydrogen-bond donors (Lipinski definition) is 1. The van der Waals surface area contributed by atoms with E-state index in [2.05, 4.69) is 46.0 Å². The molecule has 1 aromatic heterocycles. The normalized spacial score (nSPS) is 19.2. The molecule has 182 valence electrons. The van der Waals surface area contributed by atoms with Crippen LogP contribution in [0.25, 0.3) is 0 Å². The summed E-state index contributed by atoms with van der Waals surface area (Å²) in [4.78, 5) is 33.7. The number of carboxylic acids is 1. The maximum absolute atomic E-state index is 13.1. The molecule has 0 aliphatic carbocycles. The predicted molar refractivity (Wildman–Crippen MR) is 133 cm³/mol. The van der Waals surface area contributed by atoms with Gasteiger partial charge in [0.25, 0.3) is 5.91 Å². The van der Waals surface area contributed by atoms with Gasteiger partial charge in [-0.2, -0.15) is 0 Å². The van der Waals surface area contributed by atoms with Gasteiger partial charge >= 0.3 is 5.97 Å². The van der Waals surface area contributed by atoms with Gasteiger partial charge in [-0.15, -0.1) is 0 Å². The standard InChI is InChI=1S/C28H32N4O3/c33-27(23-8-4-9-24(20-23)28(34)35)32-17-11-22(12-18-32)25-26-29-13-19-31(26)15-5-14-30(25)16-10-21-6-2-1-3-7-21/h1-4,6-9,13,19-20,22,25H,5,10-12,14-18H2,(H,34,35). The number of hydrogen-bond acceptors (Lipinski definition) is 4. The van der Waals surface area contributed by atoms with E-state index in [1.807, 2.05) is 11.1 Å². The Kier molecular flexibility index (Phi) is 6.95. The summed E-state index contributed by atoms with van der Waals surface area (Å²) in [5.74, 6) is 0.460. The maximum atomic E-state index is 13.1. The molecule has 2 aliphatic rings. The van der Waals surface area contributed by atoms with E-state index < -0.39 is 5.97 Å². The minimum atomic E-state index is -1.02. The van der Waals surface area contributed by atoms with Gasteiger partial charge in [0.05, 0.1) is 11.6 Å². The molecule has 2 aliphatic heterocycles. The van der Waals surface area contributed by atoms with Gasteiger partial charge < -0.3 is 14.6 Å². The summed E-state index contributed by atoms with van der Waals surface area (Å²) in [5.41, 5.74) is 1.94. The maximum Gasteiger partial charge on any atom is 0.335 e. The Morgan fingerprint density at radius 2 is 1.71 bits per heavy atom. The highest BCUT2D eigenvalue weighted by atomic mass is 16.4. The zero-order valence-electron chi connectivity index (χ0n) is 19.9. The van der Waals surface area contributed by atoms with E-state index in [1.54, 1.807) is 12.1 Å². The zero-order chi connectivity index (χ0) is 24.2. The van der Waals surface area contributed by atoms with Gasteiger partial charge in [-0.05, 0) is 55.4 Å². The first-order valence-electron chi connectivity index (χ1n) is 12.5. The number of carbonyl (C=O) groups excluding carboxylic acids is 1. The molecule has 5 rings (SSSR count). The largest absolute Gasteiger partial charge is 0.478 e. The molecule has 7 heteroatoms. The minimum Gasteiger partial charge on any atom is -0.478 e. The van der Waals surface area contributed by atoms with E-state index >= 15 is 0 Å². The van der Waals surface area contributed by atoms with Crippen LogP contribution in [0.3, 0.4) is 0 Å². The van der Waals surface area contributed by atoms with Gasteiger partial charge in [-0.3, -0.25) is 9.69 Å². The second-order valence-corrected chi connectivity index (χ2v) is 9.56. The lowest BCUT2D eigenvalue weighted by atomic mass is 9.87. The van der Waals surface area contributed by atoms with E-state index in [9.17, 15) is 14.7 Å². The van der Waals surface area contributed by atoms with Gasteiger partial charge in [0, 0.05) is 50.7 Å². The number of aromatic carboxylic acids is 1. The van der Waals surface area contributed by atoms with Gasteiger partial charge in [0.15, 0.2) is 0 Å². The SMILES string of the molecule is O=C(O)c1cccc(C(=O)N2CCC(C3c4nccn4CCCN3CCc3ccccc3)CC2)c1. The average Bonchev–Trinajstić information content (AvgIpc) is 3.28. The monoisotopic (exact) mass is 472 g/mol. The van der Waals surface area contributed by atoms with E-state index in [1.165, 1.54) is 17.7 Å². The fourth-order valence-corrected chi connectivity index (χ4v) is 5.59. The number of fused-ring (bicyclic) bond motifs is 1. The van der Waals surface area contributed by atoms with Gasteiger partial charge in [0.1, 0.15) is 5.82 Å². The highest BCUT2D eigenvalue weighted by Crippen LogP contribution is 2.37. The highest BCUT2D eigenvalue weighted by molar-refractivity contribution is 5.97.